The number of rotatable bonds is 5. The van der Waals surface area contributed by atoms with E-state index < -0.39 is 4.92 Å². The van der Waals surface area contributed by atoms with Crippen LogP contribution in [0.3, 0.4) is 0 Å². The number of thioether (sulfide) groups is 1. The molecule has 0 amide bonds. The Morgan fingerprint density at radius 2 is 2.26 bits per heavy atom. The quantitative estimate of drug-likeness (QED) is 0.389. The summed E-state index contributed by atoms with van der Waals surface area (Å²) in [4.78, 5) is 20.9. The summed E-state index contributed by atoms with van der Waals surface area (Å²) in [5.74, 6) is 0.661. The van der Waals surface area contributed by atoms with Crippen molar-refractivity contribution in [2.24, 2.45) is 0 Å². The molecule has 1 aromatic carbocycles. The number of nitro groups is 1. The van der Waals surface area contributed by atoms with E-state index in [4.69, 9.17) is 17.3 Å². The Hall–Kier alpha value is -1.53. The minimum absolute atomic E-state index is 0.0614. The Morgan fingerprint density at radius 3 is 2.84 bits per heavy atom. The molecule has 2 N–H and O–H groups in total. The van der Waals surface area contributed by atoms with Crippen LogP contribution >= 0.6 is 23.4 Å². The number of carbonyl (C=O) groups is 1. The first-order chi connectivity index (χ1) is 8.91. The van der Waals surface area contributed by atoms with Gasteiger partial charge >= 0.3 is 0 Å². The first-order valence-corrected chi connectivity index (χ1v) is 6.81. The third-order valence-corrected chi connectivity index (χ3v) is 3.30. The predicted octanol–water partition coefficient (Wildman–Crippen LogP) is 3.51. The van der Waals surface area contributed by atoms with Gasteiger partial charge in [0.2, 0.25) is 0 Å². The summed E-state index contributed by atoms with van der Waals surface area (Å²) in [6.07, 6.45) is 4.15. The van der Waals surface area contributed by atoms with Crippen molar-refractivity contribution in [3.8, 4) is 0 Å². The summed E-state index contributed by atoms with van der Waals surface area (Å²) in [7, 11) is 0. The van der Waals surface area contributed by atoms with Crippen LogP contribution in [0.25, 0.3) is 6.08 Å². The molecule has 0 saturated heterocycles. The van der Waals surface area contributed by atoms with Gasteiger partial charge in [-0.1, -0.05) is 35.5 Å². The van der Waals surface area contributed by atoms with Gasteiger partial charge in [-0.15, -0.1) is 0 Å². The van der Waals surface area contributed by atoms with E-state index in [0.717, 1.165) is 0 Å². The van der Waals surface area contributed by atoms with Crippen molar-refractivity contribution in [3.05, 3.63) is 38.9 Å². The molecule has 0 atom stereocenters. The van der Waals surface area contributed by atoms with E-state index in [0.29, 0.717) is 17.7 Å². The molecule has 0 aliphatic carbocycles. The van der Waals surface area contributed by atoms with Crippen molar-refractivity contribution < 1.29 is 9.72 Å². The van der Waals surface area contributed by atoms with Crippen molar-refractivity contribution in [2.75, 3.05) is 11.5 Å². The van der Waals surface area contributed by atoms with Gasteiger partial charge in [-0.2, -0.15) is 0 Å². The van der Waals surface area contributed by atoms with E-state index in [9.17, 15) is 14.9 Å². The van der Waals surface area contributed by atoms with Crippen LogP contribution in [0.4, 0.5) is 11.4 Å². The third-order valence-electron chi connectivity index (χ3n) is 2.24. The zero-order valence-corrected chi connectivity index (χ0v) is 11.8. The molecule has 0 fully saturated rings. The fourth-order valence-corrected chi connectivity index (χ4v) is 2.16. The van der Waals surface area contributed by atoms with E-state index in [1.807, 2.05) is 6.08 Å². The number of halogens is 1. The number of carbonyl (C=O) groups excluding carboxylic acids is 1. The molecule has 0 heterocycles. The normalized spacial score (nSPS) is 10.8. The van der Waals surface area contributed by atoms with Gasteiger partial charge in [0.15, 0.2) is 5.12 Å². The van der Waals surface area contributed by atoms with Crippen molar-refractivity contribution in [1.82, 2.24) is 0 Å². The maximum Gasteiger partial charge on any atom is 0.294 e. The molecule has 1 aromatic rings. The molecule has 0 aliphatic heterocycles. The molecule has 0 spiro atoms. The second-order valence-corrected chi connectivity index (χ2v) is 5.42. The highest BCUT2D eigenvalue weighted by Gasteiger charge is 2.15. The zero-order chi connectivity index (χ0) is 14.4. The molecule has 7 heteroatoms. The summed E-state index contributed by atoms with van der Waals surface area (Å²) in [6, 6.07) is 2.79. The molecule has 0 bridgehead atoms. The van der Waals surface area contributed by atoms with Crippen molar-refractivity contribution in [1.29, 1.82) is 0 Å². The lowest BCUT2D eigenvalue weighted by atomic mass is 10.1. The molecule has 0 unspecified atom stereocenters. The topological polar surface area (TPSA) is 86.2 Å². The minimum atomic E-state index is -0.565. The molecule has 0 saturated carbocycles. The molecule has 5 nitrogen and oxygen atoms in total. The fourth-order valence-electron chi connectivity index (χ4n) is 1.39. The van der Waals surface area contributed by atoms with Gasteiger partial charge in [-0.3, -0.25) is 14.9 Å². The second-order valence-electron chi connectivity index (χ2n) is 3.72. The molecular formula is C12H13ClN2O3S. The van der Waals surface area contributed by atoms with E-state index in [1.54, 1.807) is 12.1 Å². The number of nitro benzene ring substituents is 1. The number of allylic oxidation sites excluding steroid dienone is 1. The van der Waals surface area contributed by atoms with E-state index in [2.05, 4.69) is 0 Å². The van der Waals surface area contributed by atoms with Gasteiger partial charge in [0.1, 0.15) is 5.69 Å². The van der Waals surface area contributed by atoms with Crippen LogP contribution in [0.5, 0.6) is 0 Å². The Labute approximate surface area is 120 Å². The van der Waals surface area contributed by atoms with E-state index in [1.165, 1.54) is 24.8 Å². The molecular weight excluding hydrogens is 288 g/mol. The average molecular weight is 301 g/mol. The smallest absolute Gasteiger partial charge is 0.294 e. The van der Waals surface area contributed by atoms with Crippen molar-refractivity contribution in [3.63, 3.8) is 0 Å². The Morgan fingerprint density at radius 1 is 1.58 bits per heavy atom. The number of benzene rings is 1. The highest BCUT2D eigenvalue weighted by Crippen LogP contribution is 2.30. The first kappa shape index (κ1) is 15.5. The zero-order valence-electron chi connectivity index (χ0n) is 10.3. The van der Waals surface area contributed by atoms with Gasteiger partial charge in [0.05, 0.1) is 4.92 Å². The van der Waals surface area contributed by atoms with Gasteiger partial charge in [-0.05, 0) is 12.5 Å². The summed E-state index contributed by atoms with van der Waals surface area (Å²) in [5.41, 5.74) is 6.10. The number of anilines is 1. The Kier molecular flexibility index (Phi) is 5.85. The summed E-state index contributed by atoms with van der Waals surface area (Å²) in [5, 5.41) is 11.1. The van der Waals surface area contributed by atoms with Crippen molar-refractivity contribution >= 4 is 45.9 Å². The average Bonchev–Trinajstić information content (AvgIpc) is 2.31. The number of hydrogen-bond acceptors (Lipinski definition) is 5. The van der Waals surface area contributed by atoms with Crippen LogP contribution in [0.15, 0.2) is 18.2 Å². The SMILES string of the molecule is CC(=O)SCCC=Cc1cc(Cl)cc([N+](=O)[O-])c1N. The predicted molar refractivity (Wildman–Crippen MR) is 79.3 cm³/mol. The molecule has 0 radical (unpaired) electrons. The van der Waals surface area contributed by atoms with Gasteiger partial charge in [-0.25, -0.2) is 0 Å². The second kappa shape index (κ2) is 7.16. The lowest BCUT2D eigenvalue weighted by Gasteiger charge is -2.03. The van der Waals surface area contributed by atoms with Crippen LogP contribution in [0, 0.1) is 10.1 Å². The van der Waals surface area contributed by atoms with Crippen LogP contribution in [0.1, 0.15) is 18.9 Å². The van der Waals surface area contributed by atoms with E-state index >= 15 is 0 Å². The van der Waals surface area contributed by atoms with Crippen molar-refractivity contribution in [2.45, 2.75) is 13.3 Å². The third kappa shape index (κ3) is 4.92. The Balaban J connectivity index is 2.80. The summed E-state index contributed by atoms with van der Waals surface area (Å²) >= 11 is 7.03. The van der Waals surface area contributed by atoms with Crippen LogP contribution in [-0.4, -0.2) is 15.8 Å². The fraction of sp³-hybridized carbons (Fsp3) is 0.250. The lowest BCUT2D eigenvalue weighted by molar-refractivity contribution is -0.383. The van der Waals surface area contributed by atoms with Crippen LogP contribution in [-0.2, 0) is 4.79 Å². The largest absolute Gasteiger partial charge is 0.393 e. The summed E-state index contributed by atoms with van der Waals surface area (Å²) in [6.45, 7) is 1.51. The first-order valence-electron chi connectivity index (χ1n) is 5.45. The van der Waals surface area contributed by atoms with E-state index in [-0.39, 0.29) is 21.5 Å². The number of hydrogen-bond donors (Lipinski definition) is 1. The number of nitrogen functional groups attached to an aromatic ring is 1. The maximum atomic E-state index is 10.8. The highest BCUT2D eigenvalue weighted by molar-refractivity contribution is 8.13. The molecule has 102 valence electrons. The molecule has 0 aromatic heterocycles. The maximum absolute atomic E-state index is 10.8. The van der Waals surface area contributed by atoms with Gasteiger partial charge < -0.3 is 5.73 Å². The number of nitrogens with zero attached hydrogens (tertiary/aromatic N) is 1. The Bertz CT molecular complexity index is 532. The standard InChI is InChI=1S/C12H13ClN2O3S/c1-8(16)19-5-3-2-4-9-6-10(13)7-11(12(9)14)15(17)18/h2,4,6-7H,3,5,14H2,1H3. The molecule has 19 heavy (non-hydrogen) atoms. The minimum Gasteiger partial charge on any atom is -0.393 e. The highest BCUT2D eigenvalue weighted by atomic mass is 35.5. The lowest BCUT2D eigenvalue weighted by Crippen LogP contribution is -1.98. The number of nitrogens with two attached hydrogens (primary N) is 1. The van der Waals surface area contributed by atoms with Gasteiger partial charge in [0.25, 0.3) is 5.69 Å². The molecule has 0 aliphatic rings. The summed E-state index contributed by atoms with van der Waals surface area (Å²) < 4.78 is 0. The van der Waals surface area contributed by atoms with Crippen LogP contribution in [0.2, 0.25) is 5.02 Å². The molecule has 1 rings (SSSR count). The monoisotopic (exact) mass is 300 g/mol. The van der Waals surface area contributed by atoms with Crippen LogP contribution < -0.4 is 5.73 Å². The van der Waals surface area contributed by atoms with Gasteiger partial charge in [0, 0.05) is 29.3 Å².